The van der Waals surface area contributed by atoms with E-state index < -0.39 is 11.8 Å². The van der Waals surface area contributed by atoms with Crippen LogP contribution in [-0.2, 0) is 16.2 Å². The lowest BCUT2D eigenvalue weighted by Crippen LogP contribution is -2.38. The zero-order chi connectivity index (χ0) is 19.9. The lowest BCUT2D eigenvalue weighted by Gasteiger charge is -2.13. The highest BCUT2D eigenvalue weighted by molar-refractivity contribution is 9.10. The number of nitrogens with zero attached hydrogens (tertiary/aromatic N) is 1. The van der Waals surface area contributed by atoms with Gasteiger partial charge in [0.1, 0.15) is 6.61 Å². The number of nitrogens with one attached hydrogen (secondary N) is 2. The Bertz CT molecular complexity index is 880. The predicted octanol–water partition coefficient (Wildman–Crippen LogP) is 2.77. The van der Waals surface area contributed by atoms with Crippen LogP contribution >= 0.6 is 15.9 Å². The number of hydrazone groups is 1. The molecule has 2 aromatic carbocycles. The average molecular weight is 446 g/mol. The van der Waals surface area contributed by atoms with Gasteiger partial charge in [-0.25, -0.2) is 5.43 Å². The van der Waals surface area contributed by atoms with Gasteiger partial charge in [-0.15, -0.1) is 0 Å². The molecule has 0 saturated heterocycles. The molecule has 1 aliphatic carbocycles. The van der Waals surface area contributed by atoms with Crippen LogP contribution in [0.2, 0.25) is 0 Å². The summed E-state index contributed by atoms with van der Waals surface area (Å²) >= 11 is 3.40. The van der Waals surface area contributed by atoms with Gasteiger partial charge >= 0.3 is 11.8 Å². The topological polar surface area (TPSA) is 89.0 Å². The van der Waals surface area contributed by atoms with E-state index in [9.17, 15) is 9.59 Å². The molecule has 146 valence electrons. The number of ether oxygens (including phenoxy) is 2. The van der Waals surface area contributed by atoms with Crippen LogP contribution in [0.25, 0.3) is 0 Å². The van der Waals surface area contributed by atoms with E-state index in [1.54, 1.807) is 25.3 Å². The largest absolute Gasteiger partial charge is 0.493 e. The average Bonchev–Trinajstić information content (AvgIpc) is 3.51. The van der Waals surface area contributed by atoms with E-state index in [0.29, 0.717) is 23.7 Å². The Morgan fingerprint density at radius 2 is 1.93 bits per heavy atom. The maximum Gasteiger partial charge on any atom is 0.329 e. The number of benzene rings is 2. The number of hydrogen-bond acceptors (Lipinski definition) is 5. The van der Waals surface area contributed by atoms with Crippen LogP contribution in [0.15, 0.2) is 52.0 Å². The first-order valence-electron chi connectivity index (χ1n) is 8.75. The summed E-state index contributed by atoms with van der Waals surface area (Å²) in [6.45, 7) is 0.338. The summed E-state index contributed by atoms with van der Waals surface area (Å²) < 4.78 is 12.3. The summed E-state index contributed by atoms with van der Waals surface area (Å²) in [5.41, 5.74) is 3.82. The fourth-order valence-corrected chi connectivity index (χ4v) is 2.64. The highest BCUT2D eigenvalue weighted by atomic mass is 79.9. The van der Waals surface area contributed by atoms with Gasteiger partial charge in [-0.3, -0.25) is 9.59 Å². The van der Waals surface area contributed by atoms with E-state index in [4.69, 9.17) is 9.47 Å². The SMILES string of the molecule is COc1cccc(/C=N\NC(=O)C(=O)NC2CC2)c1OCc1ccc(Br)cc1. The lowest BCUT2D eigenvalue weighted by atomic mass is 10.2. The number of rotatable bonds is 7. The Morgan fingerprint density at radius 1 is 1.18 bits per heavy atom. The molecule has 0 unspecified atom stereocenters. The van der Waals surface area contributed by atoms with Crippen LogP contribution in [0.5, 0.6) is 11.5 Å². The molecule has 2 amide bonds. The van der Waals surface area contributed by atoms with Crippen LogP contribution in [0.3, 0.4) is 0 Å². The standard InChI is InChI=1S/C20H20BrN3O4/c1-27-17-4-2-3-14(11-22-24-20(26)19(25)23-16-9-10-16)18(17)28-12-13-5-7-15(21)8-6-13/h2-8,11,16H,9-10,12H2,1H3,(H,23,25)(H,24,26)/b22-11-. The maximum atomic E-state index is 11.7. The van der Waals surface area contributed by atoms with E-state index in [1.807, 2.05) is 24.3 Å². The summed E-state index contributed by atoms with van der Waals surface area (Å²) in [6.07, 6.45) is 3.23. The minimum absolute atomic E-state index is 0.110. The molecule has 0 heterocycles. The monoisotopic (exact) mass is 445 g/mol. The second kappa shape index (κ2) is 9.36. The van der Waals surface area contributed by atoms with Gasteiger partial charge in [0.2, 0.25) is 0 Å². The van der Waals surface area contributed by atoms with Crippen molar-refractivity contribution in [3.05, 3.63) is 58.1 Å². The van der Waals surface area contributed by atoms with E-state index in [2.05, 4.69) is 31.8 Å². The second-order valence-electron chi connectivity index (χ2n) is 6.24. The molecule has 0 bridgehead atoms. The summed E-state index contributed by atoms with van der Waals surface area (Å²) in [7, 11) is 1.55. The van der Waals surface area contributed by atoms with Gasteiger partial charge in [0, 0.05) is 16.1 Å². The Kier molecular flexibility index (Phi) is 6.65. The van der Waals surface area contributed by atoms with Crippen LogP contribution in [0.4, 0.5) is 0 Å². The molecule has 0 radical (unpaired) electrons. The van der Waals surface area contributed by atoms with Crippen LogP contribution < -0.4 is 20.2 Å². The van der Waals surface area contributed by atoms with Crippen LogP contribution in [-0.4, -0.2) is 31.2 Å². The number of hydrogen-bond donors (Lipinski definition) is 2. The smallest absolute Gasteiger partial charge is 0.329 e. The maximum absolute atomic E-state index is 11.7. The van der Waals surface area contributed by atoms with Gasteiger partial charge in [0.25, 0.3) is 0 Å². The van der Waals surface area contributed by atoms with Crippen molar-refractivity contribution >= 4 is 34.0 Å². The molecule has 28 heavy (non-hydrogen) atoms. The Morgan fingerprint density at radius 3 is 2.61 bits per heavy atom. The van der Waals surface area contributed by atoms with Crippen LogP contribution in [0.1, 0.15) is 24.0 Å². The molecule has 1 saturated carbocycles. The molecule has 2 aromatic rings. The lowest BCUT2D eigenvalue weighted by molar-refractivity contribution is -0.139. The third kappa shape index (κ3) is 5.56. The molecule has 1 aliphatic rings. The molecular weight excluding hydrogens is 426 g/mol. The second-order valence-corrected chi connectivity index (χ2v) is 7.16. The summed E-state index contributed by atoms with van der Waals surface area (Å²) in [4.78, 5) is 23.4. The van der Waals surface area contributed by atoms with Crippen molar-refractivity contribution in [2.75, 3.05) is 7.11 Å². The van der Waals surface area contributed by atoms with E-state index in [0.717, 1.165) is 22.9 Å². The molecule has 0 aliphatic heterocycles. The fraction of sp³-hybridized carbons (Fsp3) is 0.250. The summed E-state index contributed by atoms with van der Waals surface area (Å²) in [5, 5.41) is 6.47. The van der Waals surface area contributed by atoms with Gasteiger partial charge in [-0.1, -0.05) is 34.1 Å². The summed E-state index contributed by atoms with van der Waals surface area (Å²) in [5.74, 6) is -0.451. The highest BCUT2D eigenvalue weighted by Crippen LogP contribution is 2.31. The molecule has 3 rings (SSSR count). The number of carbonyl (C=O) groups excluding carboxylic acids is 2. The minimum Gasteiger partial charge on any atom is -0.493 e. The highest BCUT2D eigenvalue weighted by Gasteiger charge is 2.26. The van der Waals surface area contributed by atoms with Crippen molar-refractivity contribution < 1.29 is 19.1 Å². The van der Waals surface area contributed by atoms with Crippen LogP contribution in [0, 0.1) is 0 Å². The van der Waals surface area contributed by atoms with E-state index in [-0.39, 0.29) is 6.04 Å². The van der Waals surface area contributed by atoms with Crippen molar-refractivity contribution in [2.45, 2.75) is 25.5 Å². The van der Waals surface area contributed by atoms with Gasteiger partial charge in [0.05, 0.1) is 13.3 Å². The molecule has 1 fully saturated rings. The normalized spacial score (nSPS) is 13.2. The predicted molar refractivity (Wildman–Crippen MR) is 108 cm³/mol. The molecular formula is C20H20BrN3O4. The first-order chi connectivity index (χ1) is 13.6. The number of halogens is 1. The Hall–Kier alpha value is -2.87. The molecule has 0 atom stereocenters. The van der Waals surface area contributed by atoms with Crippen molar-refractivity contribution in [2.24, 2.45) is 5.10 Å². The molecule has 8 heteroatoms. The first-order valence-corrected chi connectivity index (χ1v) is 9.54. The molecule has 0 aromatic heterocycles. The third-order valence-electron chi connectivity index (χ3n) is 4.01. The van der Waals surface area contributed by atoms with Crippen molar-refractivity contribution in [3.63, 3.8) is 0 Å². The molecule has 0 spiro atoms. The fourth-order valence-electron chi connectivity index (χ4n) is 2.38. The van der Waals surface area contributed by atoms with E-state index in [1.165, 1.54) is 6.21 Å². The van der Waals surface area contributed by atoms with Gasteiger partial charge in [-0.2, -0.15) is 5.10 Å². The van der Waals surface area contributed by atoms with Crippen molar-refractivity contribution in [1.29, 1.82) is 0 Å². The van der Waals surface area contributed by atoms with Crippen molar-refractivity contribution in [1.82, 2.24) is 10.7 Å². The van der Waals surface area contributed by atoms with Gasteiger partial charge in [0.15, 0.2) is 11.5 Å². The number of carbonyl (C=O) groups is 2. The summed E-state index contributed by atoms with van der Waals surface area (Å²) in [6, 6.07) is 13.2. The van der Waals surface area contributed by atoms with Gasteiger partial charge in [-0.05, 0) is 42.7 Å². The van der Waals surface area contributed by atoms with Crippen molar-refractivity contribution in [3.8, 4) is 11.5 Å². The zero-order valence-electron chi connectivity index (χ0n) is 15.3. The quantitative estimate of drug-likeness (QED) is 0.389. The Balaban J connectivity index is 1.66. The number of amides is 2. The molecule has 2 N–H and O–H groups in total. The number of para-hydroxylation sites is 1. The minimum atomic E-state index is -0.802. The molecule has 7 nitrogen and oxygen atoms in total. The number of methoxy groups -OCH3 is 1. The van der Waals surface area contributed by atoms with E-state index >= 15 is 0 Å². The third-order valence-corrected chi connectivity index (χ3v) is 4.54. The first kappa shape index (κ1) is 19.9. The zero-order valence-corrected chi connectivity index (χ0v) is 16.9. The Labute approximate surface area is 171 Å². The van der Waals surface area contributed by atoms with Gasteiger partial charge < -0.3 is 14.8 Å².